The summed E-state index contributed by atoms with van der Waals surface area (Å²) in [6.07, 6.45) is 3.70. The number of halogens is 1. The lowest BCUT2D eigenvalue weighted by Gasteiger charge is -2.13. The Hall–Kier alpha value is -2.89. The molecule has 4 rings (SSSR count). The van der Waals surface area contributed by atoms with Gasteiger partial charge in [0.2, 0.25) is 0 Å². The number of carbonyl (C=O) groups excluding carboxylic acids is 1. The van der Waals surface area contributed by atoms with E-state index in [0.29, 0.717) is 28.7 Å². The number of thioether (sulfide) groups is 1. The number of aromatic nitrogens is 3. The minimum atomic E-state index is -0.439. The van der Waals surface area contributed by atoms with Crippen molar-refractivity contribution in [3.63, 3.8) is 0 Å². The van der Waals surface area contributed by atoms with Crippen LogP contribution in [-0.2, 0) is 6.54 Å². The second kappa shape index (κ2) is 7.02. The number of nitriles is 1. The molecule has 0 spiro atoms. The van der Waals surface area contributed by atoms with Crippen LogP contribution >= 0.6 is 23.4 Å². The summed E-state index contributed by atoms with van der Waals surface area (Å²) in [5, 5.41) is 13.3. The van der Waals surface area contributed by atoms with Crippen molar-refractivity contribution in [1.82, 2.24) is 14.1 Å². The maximum Gasteiger partial charge on any atom is 0.260 e. The third-order valence-corrected chi connectivity index (χ3v) is 5.47. The fourth-order valence-electron chi connectivity index (χ4n) is 2.94. The maximum absolute atomic E-state index is 12.8. The molecule has 27 heavy (non-hydrogen) atoms. The Kier molecular flexibility index (Phi) is 4.56. The number of anilines is 1. The molecule has 0 saturated heterocycles. The molecule has 136 valence electrons. The summed E-state index contributed by atoms with van der Waals surface area (Å²) in [4.78, 5) is 17.2. The number of nitrogens with one attached hydrogen (secondary N) is 1. The van der Waals surface area contributed by atoms with Crippen LogP contribution in [0.25, 0.3) is 5.69 Å². The first-order valence-corrected chi connectivity index (χ1v) is 9.44. The zero-order valence-electron chi connectivity index (χ0n) is 14.3. The van der Waals surface area contributed by atoms with E-state index < -0.39 is 5.91 Å². The molecule has 3 aromatic rings. The Labute approximate surface area is 164 Å². The minimum absolute atomic E-state index is 0.248. The molecule has 0 radical (unpaired) electrons. The summed E-state index contributed by atoms with van der Waals surface area (Å²) in [5.74, 6) is 1.05. The smallest absolute Gasteiger partial charge is 0.260 e. The van der Waals surface area contributed by atoms with Crippen LogP contribution in [-0.4, -0.2) is 32.9 Å². The average molecular weight is 400 g/mol. The number of fused-ring (bicyclic) bond motifs is 1. The molecule has 0 aliphatic carbocycles. The first-order valence-electron chi connectivity index (χ1n) is 8.08. The van der Waals surface area contributed by atoms with Gasteiger partial charge in [0.15, 0.2) is 16.7 Å². The largest absolute Gasteiger partial charge is 0.496 e. The predicted molar refractivity (Wildman–Crippen MR) is 103 cm³/mol. The van der Waals surface area contributed by atoms with E-state index in [2.05, 4.69) is 16.4 Å². The lowest BCUT2D eigenvalue weighted by molar-refractivity contribution is 0.102. The zero-order valence-corrected chi connectivity index (χ0v) is 15.8. The summed E-state index contributed by atoms with van der Waals surface area (Å²) < 4.78 is 9.02. The number of ether oxygens (including phenoxy) is 1. The van der Waals surface area contributed by atoms with E-state index in [1.54, 1.807) is 28.5 Å². The van der Waals surface area contributed by atoms with E-state index in [4.69, 9.17) is 16.3 Å². The maximum atomic E-state index is 12.8. The number of benzene rings is 1. The molecule has 1 aromatic carbocycles. The molecule has 1 N–H and O–H groups in total. The van der Waals surface area contributed by atoms with Gasteiger partial charge in [0.25, 0.3) is 5.91 Å². The first-order chi connectivity index (χ1) is 13.1. The van der Waals surface area contributed by atoms with Crippen molar-refractivity contribution >= 4 is 35.1 Å². The van der Waals surface area contributed by atoms with Gasteiger partial charge >= 0.3 is 0 Å². The number of amides is 1. The van der Waals surface area contributed by atoms with Crippen molar-refractivity contribution in [2.75, 3.05) is 18.2 Å². The van der Waals surface area contributed by atoms with Gasteiger partial charge < -0.3 is 19.2 Å². The van der Waals surface area contributed by atoms with Gasteiger partial charge in [-0.25, -0.2) is 4.98 Å². The lowest BCUT2D eigenvalue weighted by atomic mass is 10.1. The third-order valence-electron chi connectivity index (χ3n) is 4.21. The zero-order chi connectivity index (χ0) is 19.0. The molecule has 1 aliphatic heterocycles. The standard InChI is InChI=1S/C18H14ClN5O2S/c1-26-15-9-13(23-4-2-3-5-23)12(19)8-11(15)17(25)21-16-14(10-20)24-6-7-27-18(24)22-16/h2-5,8-9H,6-7H2,1H3,(H,21,25). The number of methoxy groups -OCH3 is 1. The van der Waals surface area contributed by atoms with Gasteiger partial charge in [-0.15, -0.1) is 0 Å². The molecule has 3 heterocycles. The van der Waals surface area contributed by atoms with E-state index in [1.807, 2.05) is 29.1 Å². The number of hydrogen-bond donors (Lipinski definition) is 1. The molecule has 1 aliphatic rings. The summed E-state index contributed by atoms with van der Waals surface area (Å²) >= 11 is 7.94. The molecule has 1 amide bonds. The van der Waals surface area contributed by atoms with Crippen molar-refractivity contribution in [3.05, 3.63) is 52.9 Å². The summed E-state index contributed by atoms with van der Waals surface area (Å²) in [5.41, 5.74) is 1.31. The van der Waals surface area contributed by atoms with Gasteiger partial charge in [-0.1, -0.05) is 23.4 Å². The van der Waals surface area contributed by atoms with Crippen molar-refractivity contribution in [3.8, 4) is 17.5 Å². The summed E-state index contributed by atoms with van der Waals surface area (Å²) in [6.45, 7) is 0.701. The Morgan fingerprint density at radius 1 is 1.41 bits per heavy atom. The van der Waals surface area contributed by atoms with Gasteiger partial charge in [0, 0.05) is 30.8 Å². The molecule has 0 saturated carbocycles. The van der Waals surface area contributed by atoms with Gasteiger partial charge in [0.1, 0.15) is 11.8 Å². The molecule has 0 atom stereocenters. The molecular formula is C18H14ClN5O2S. The van der Waals surface area contributed by atoms with Gasteiger partial charge in [-0.3, -0.25) is 4.79 Å². The highest BCUT2D eigenvalue weighted by Gasteiger charge is 2.24. The van der Waals surface area contributed by atoms with Crippen molar-refractivity contribution in [2.24, 2.45) is 0 Å². The molecule has 2 aromatic heterocycles. The number of rotatable bonds is 4. The van der Waals surface area contributed by atoms with E-state index >= 15 is 0 Å². The van der Waals surface area contributed by atoms with Crippen molar-refractivity contribution in [1.29, 1.82) is 5.26 Å². The molecule has 0 unspecified atom stereocenters. The Bertz CT molecular complexity index is 1070. The second-order valence-corrected chi connectivity index (χ2v) is 7.22. The van der Waals surface area contributed by atoms with E-state index in [-0.39, 0.29) is 11.4 Å². The van der Waals surface area contributed by atoms with Gasteiger partial charge in [0.05, 0.1) is 23.4 Å². The predicted octanol–water partition coefficient (Wildman–Crippen LogP) is 3.57. The number of carbonyl (C=O) groups is 1. The van der Waals surface area contributed by atoms with Crippen LogP contribution in [0.15, 0.2) is 41.8 Å². The van der Waals surface area contributed by atoms with Crippen LogP contribution in [0, 0.1) is 11.3 Å². The summed E-state index contributed by atoms with van der Waals surface area (Å²) in [6, 6.07) is 9.12. The highest BCUT2D eigenvalue weighted by Crippen LogP contribution is 2.33. The second-order valence-electron chi connectivity index (χ2n) is 5.75. The molecule has 7 nitrogen and oxygen atoms in total. The first kappa shape index (κ1) is 17.5. The van der Waals surface area contributed by atoms with Crippen molar-refractivity contribution < 1.29 is 9.53 Å². The fraction of sp³-hybridized carbons (Fsp3) is 0.167. The molecule has 0 bridgehead atoms. The normalized spacial score (nSPS) is 12.5. The Morgan fingerprint density at radius 2 is 2.19 bits per heavy atom. The van der Waals surface area contributed by atoms with Crippen LogP contribution in [0.5, 0.6) is 5.75 Å². The lowest BCUT2D eigenvalue weighted by Crippen LogP contribution is -2.15. The van der Waals surface area contributed by atoms with Crippen LogP contribution in [0.1, 0.15) is 16.1 Å². The fourth-order valence-corrected chi connectivity index (χ4v) is 4.15. The molecular weight excluding hydrogens is 386 g/mol. The quantitative estimate of drug-likeness (QED) is 0.725. The number of nitrogens with zero attached hydrogens (tertiary/aromatic N) is 4. The van der Waals surface area contributed by atoms with Gasteiger partial charge in [-0.2, -0.15) is 5.26 Å². The Morgan fingerprint density at radius 3 is 2.89 bits per heavy atom. The van der Waals surface area contributed by atoms with Gasteiger partial charge in [-0.05, 0) is 18.2 Å². The average Bonchev–Trinajstić information content (AvgIpc) is 3.38. The molecule has 0 fully saturated rings. The monoisotopic (exact) mass is 399 g/mol. The highest BCUT2D eigenvalue weighted by molar-refractivity contribution is 7.99. The topological polar surface area (TPSA) is 84.9 Å². The van der Waals surface area contributed by atoms with E-state index in [0.717, 1.165) is 10.9 Å². The highest BCUT2D eigenvalue weighted by atomic mass is 35.5. The number of hydrogen-bond acceptors (Lipinski definition) is 5. The van der Waals surface area contributed by atoms with Crippen LogP contribution < -0.4 is 10.1 Å². The van der Waals surface area contributed by atoms with Crippen LogP contribution in [0.3, 0.4) is 0 Å². The van der Waals surface area contributed by atoms with Crippen LogP contribution in [0.4, 0.5) is 5.82 Å². The molecule has 9 heteroatoms. The minimum Gasteiger partial charge on any atom is -0.496 e. The number of imidazole rings is 1. The van der Waals surface area contributed by atoms with E-state index in [9.17, 15) is 10.1 Å². The Balaban J connectivity index is 1.69. The van der Waals surface area contributed by atoms with E-state index in [1.165, 1.54) is 7.11 Å². The summed E-state index contributed by atoms with van der Waals surface area (Å²) in [7, 11) is 1.49. The third kappa shape index (κ3) is 3.05. The van der Waals surface area contributed by atoms with Crippen LogP contribution in [0.2, 0.25) is 5.02 Å². The van der Waals surface area contributed by atoms with Crippen molar-refractivity contribution in [2.45, 2.75) is 11.7 Å². The SMILES string of the molecule is COc1cc(-n2cccc2)c(Cl)cc1C(=O)Nc1nc2n(c1C#N)CCS2.